The van der Waals surface area contributed by atoms with E-state index >= 15 is 0 Å². The molecule has 0 amide bonds. The van der Waals surface area contributed by atoms with Crippen LogP contribution >= 0.6 is 0 Å². The van der Waals surface area contributed by atoms with Gasteiger partial charge in [0.05, 0.1) is 7.11 Å². The van der Waals surface area contributed by atoms with E-state index in [2.05, 4.69) is 4.74 Å². The highest BCUT2D eigenvalue weighted by Gasteiger charge is 2.52. The van der Waals surface area contributed by atoms with E-state index < -0.39 is 87.5 Å². The van der Waals surface area contributed by atoms with Crippen LogP contribution in [-0.4, -0.2) is 37.5 Å². The van der Waals surface area contributed by atoms with E-state index in [0.717, 1.165) is 7.11 Å². The van der Waals surface area contributed by atoms with Crippen LogP contribution in [0.2, 0.25) is 0 Å². The molecule has 0 N–H and O–H groups in total. The van der Waals surface area contributed by atoms with Crippen molar-refractivity contribution in [1.29, 1.82) is 0 Å². The van der Waals surface area contributed by atoms with Gasteiger partial charge in [-0.05, 0) is 26.0 Å². The molecular formula is C21H15BF10O. The summed E-state index contributed by atoms with van der Waals surface area (Å²) in [6, 6.07) is 0.964. The summed E-state index contributed by atoms with van der Waals surface area (Å²) in [6.07, 6.45) is -6.63. The molecule has 0 heterocycles. The highest BCUT2D eigenvalue weighted by Crippen LogP contribution is 2.45. The van der Waals surface area contributed by atoms with Gasteiger partial charge in [-0.1, -0.05) is 0 Å². The van der Waals surface area contributed by atoms with E-state index in [4.69, 9.17) is 0 Å². The van der Waals surface area contributed by atoms with Gasteiger partial charge in [-0.2, -0.15) is 0 Å². The third kappa shape index (κ3) is 4.08. The lowest BCUT2D eigenvalue weighted by molar-refractivity contribution is 0.113. The number of allylic oxidation sites excluding steroid dienone is 8. The molecule has 1 nitrogen and oxygen atoms in total. The quantitative estimate of drug-likeness (QED) is 0.373. The summed E-state index contributed by atoms with van der Waals surface area (Å²) >= 11 is 0. The van der Waals surface area contributed by atoms with Crippen molar-refractivity contribution in [3.05, 3.63) is 70.2 Å². The normalized spacial score (nSPS) is 30.3. The first-order valence-electron chi connectivity index (χ1n) is 9.39. The summed E-state index contributed by atoms with van der Waals surface area (Å²) < 4.78 is 151. The summed E-state index contributed by atoms with van der Waals surface area (Å²) in [6.45, 7) is -1.93. The average Bonchev–Trinajstić information content (AvgIpc) is 2.69. The molecule has 4 atom stereocenters. The van der Waals surface area contributed by atoms with Crippen molar-refractivity contribution in [3.8, 4) is 5.75 Å². The summed E-state index contributed by atoms with van der Waals surface area (Å²) in [7, 11) is 1.01. The van der Waals surface area contributed by atoms with Crippen LogP contribution in [-0.2, 0) is 0 Å². The van der Waals surface area contributed by atoms with Gasteiger partial charge in [-0.25, -0.2) is 43.9 Å². The molecule has 0 aromatic heterocycles. The van der Waals surface area contributed by atoms with Crippen molar-refractivity contribution in [1.82, 2.24) is 0 Å². The molecule has 1 aromatic carbocycles. The first-order chi connectivity index (χ1) is 15.1. The van der Waals surface area contributed by atoms with Crippen LogP contribution in [0.5, 0.6) is 5.75 Å². The van der Waals surface area contributed by atoms with Crippen LogP contribution in [0.15, 0.2) is 58.5 Å². The van der Waals surface area contributed by atoms with Crippen molar-refractivity contribution in [3.63, 3.8) is 0 Å². The predicted molar refractivity (Wildman–Crippen MR) is 102 cm³/mol. The molecular weight excluding hydrogens is 469 g/mol. The van der Waals surface area contributed by atoms with Crippen LogP contribution in [0.1, 0.15) is 13.8 Å². The molecule has 2 aliphatic rings. The minimum atomic E-state index is -3.26. The van der Waals surface area contributed by atoms with Crippen LogP contribution in [0.3, 0.4) is 0 Å². The van der Waals surface area contributed by atoms with Gasteiger partial charge in [0.2, 0.25) is 0 Å². The number of ether oxygens (including phenoxy) is 1. The number of alkyl halides is 4. The molecule has 0 spiro atoms. The number of methoxy groups -OCH3 is 1. The first-order valence-corrected chi connectivity index (χ1v) is 9.39. The Morgan fingerprint density at radius 1 is 0.758 bits per heavy atom. The Morgan fingerprint density at radius 2 is 1.12 bits per heavy atom. The monoisotopic (exact) mass is 484 g/mol. The fraction of sp³-hybridized carbons (Fsp3) is 0.333. The van der Waals surface area contributed by atoms with Crippen molar-refractivity contribution in [2.75, 3.05) is 7.11 Å². The number of rotatable bonds is 4. The van der Waals surface area contributed by atoms with E-state index in [1.165, 1.54) is 0 Å². The summed E-state index contributed by atoms with van der Waals surface area (Å²) in [5, 5.41) is 0. The van der Waals surface area contributed by atoms with Crippen LogP contribution in [0, 0.1) is 11.6 Å². The van der Waals surface area contributed by atoms with Crippen molar-refractivity contribution < 1.29 is 48.6 Å². The standard InChI is InChI=1S/C21H15BF10O/c1-20(31)6-11(25)14(16(27)18(20)29)22(13-9(23)4-8(33-3)5-10(13)24)15-12(26)7-21(2,32)19(30)17(15)28/h4-7,18-19H,1-3H3. The van der Waals surface area contributed by atoms with Gasteiger partial charge in [0.15, 0.2) is 23.7 Å². The fourth-order valence-electron chi connectivity index (χ4n) is 3.73. The van der Waals surface area contributed by atoms with Crippen LogP contribution in [0.25, 0.3) is 0 Å². The Labute approximate surface area is 182 Å². The summed E-state index contributed by atoms with van der Waals surface area (Å²) in [5.41, 5.74) is -11.3. The molecule has 3 rings (SSSR count). The maximum atomic E-state index is 14.8. The van der Waals surface area contributed by atoms with Gasteiger partial charge in [-0.3, -0.25) is 0 Å². The van der Waals surface area contributed by atoms with Crippen molar-refractivity contribution in [2.24, 2.45) is 0 Å². The maximum absolute atomic E-state index is 14.8. The van der Waals surface area contributed by atoms with Gasteiger partial charge in [0.25, 0.3) is 6.71 Å². The Hall–Kier alpha value is -2.66. The second-order valence-corrected chi connectivity index (χ2v) is 7.97. The van der Waals surface area contributed by atoms with Gasteiger partial charge in [0.1, 0.15) is 40.7 Å². The van der Waals surface area contributed by atoms with Crippen LogP contribution < -0.4 is 10.2 Å². The number of benzene rings is 1. The Kier molecular flexibility index (Phi) is 6.27. The molecule has 4 unspecified atom stereocenters. The van der Waals surface area contributed by atoms with Gasteiger partial charge >= 0.3 is 0 Å². The smallest absolute Gasteiger partial charge is 0.263 e. The van der Waals surface area contributed by atoms with E-state index in [0.29, 0.717) is 26.0 Å². The van der Waals surface area contributed by atoms with Gasteiger partial charge < -0.3 is 4.74 Å². The molecule has 33 heavy (non-hydrogen) atoms. The number of hydrogen-bond acceptors (Lipinski definition) is 1. The second-order valence-electron chi connectivity index (χ2n) is 7.97. The second kappa shape index (κ2) is 8.29. The van der Waals surface area contributed by atoms with Crippen LogP contribution in [0.4, 0.5) is 43.9 Å². The first kappa shape index (κ1) is 25.0. The molecule has 0 saturated carbocycles. The van der Waals surface area contributed by atoms with Crippen molar-refractivity contribution in [2.45, 2.75) is 37.5 Å². The third-order valence-corrected chi connectivity index (χ3v) is 5.44. The molecule has 12 heteroatoms. The molecule has 0 saturated heterocycles. The zero-order valence-electron chi connectivity index (χ0n) is 17.2. The minimum absolute atomic E-state index is 0.0858. The highest BCUT2D eigenvalue weighted by molar-refractivity contribution is 6.87. The summed E-state index contributed by atoms with van der Waals surface area (Å²) in [5.74, 6) is -12.2. The SMILES string of the molecule is COc1cc(F)c(B(C2=C(F)C(F)C(C)(F)C=C2F)C2=C(F)C(F)C(C)(F)C=C2F)c(F)c1. The molecule has 1 aromatic rings. The zero-order valence-corrected chi connectivity index (χ0v) is 17.2. The Morgan fingerprint density at radius 3 is 1.45 bits per heavy atom. The summed E-state index contributed by atoms with van der Waals surface area (Å²) in [4.78, 5) is 0. The number of halogens is 10. The Balaban J connectivity index is 2.41. The topological polar surface area (TPSA) is 9.23 Å². The number of hydrogen-bond donors (Lipinski definition) is 0. The van der Waals surface area contributed by atoms with Gasteiger partial charge in [-0.15, -0.1) is 0 Å². The fourth-order valence-corrected chi connectivity index (χ4v) is 3.73. The minimum Gasteiger partial charge on any atom is -0.497 e. The average molecular weight is 484 g/mol. The highest BCUT2D eigenvalue weighted by atomic mass is 19.2. The maximum Gasteiger partial charge on any atom is 0.263 e. The van der Waals surface area contributed by atoms with E-state index in [9.17, 15) is 43.9 Å². The van der Waals surface area contributed by atoms with Crippen molar-refractivity contribution >= 4 is 12.2 Å². The molecule has 2 aliphatic carbocycles. The van der Waals surface area contributed by atoms with Gasteiger partial charge in [0, 0.05) is 28.5 Å². The lowest BCUT2D eigenvalue weighted by atomic mass is 9.33. The van der Waals surface area contributed by atoms with E-state index in [1.807, 2.05) is 0 Å². The third-order valence-electron chi connectivity index (χ3n) is 5.44. The lowest BCUT2D eigenvalue weighted by Crippen LogP contribution is -2.47. The molecule has 0 radical (unpaired) electrons. The molecule has 0 fully saturated rings. The molecule has 0 aliphatic heterocycles. The Bertz CT molecular complexity index is 1040. The zero-order chi connectivity index (χ0) is 25.0. The van der Waals surface area contributed by atoms with E-state index in [1.54, 1.807) is 0 Å². The largest absolute Gasteiger partial charge is 0.497 e. The lowest BCUT2D eigenvalue weighted by Gasteiger charge is -2.32. The predicted octanol–water partition coefficient (Wildman–Crippen LogP) is 6.07. The molecule has 178 valence electrons. The van der Waals surface area contributed by atoms with E-state index in [-0.39, 0.29) is 12.2 Å². The molecule has 0 bridgehead atoms.